The smallest absolute Gasteiger partial charge is 0.0596 e. The molecule has 0 spiro atoms. The van der Waals surface area contributed by atoms with Gasteiger partial charge in [0.15, 0.2) is 0 Å². The lowest BCUT2D eigenvalue weighted by molar-refractivity contribution is 0.230. The van der Waals surface area contributed by atoms with E-state index in [9.17, 15) is 5.11 Å². The highest BCUT2D eigenvalue weighted by Gasteiger charge is 2.07. The topological polar surface area (TPSA) is 50.1 Å². The van der Waals surface area contributed by atoms with Crippen molar-refractivity contribution in [1.82, 2.24) is 15.1 Å². The lowest BCUT2D eigenvalue weighted by atomic mass is 10.2. The van der Waals surface area contributed by atoms with Gasteiger partial charge in [-0.15, -0.1) is 0 Å². The highest BCUT2D eigenvalue weighted by molar-refractivity contribution is 5.06. The minimum atomic E-state index is 0.184. The Labute approximate surface area is 97.7 Å². The molecule has 0 aliphatic heterocycles. The van der Waals surface area contributed by atoms with Crippen LogP contribution in [0.3, 0.4) is 0 Å². The summed E-state index contributed by atoms with van der Waals surface area (Å²) in [6.45, 7) is 8.21. The third-order valence-corrected chi connectivity index (χ3v) is 2.70. The van der Waals surface area contributed by atoms with E-state index in [-0.39, 0.29) is 12.6 Å². The van der Waals surface area contributed by atoms with Gasteiger partial charge >= 0.3 is 0 Å². The van der Waals surface area contributed by atoms with Crippen molar-refractivity contribution >= 4 is 0 Å². The first kappa shape index (κ1) is 13.2. The molecule has 4 heteroatoms. The van der Waals surface area contributed by atoms with Crippen LogP contribution in [-0.2, 0) is 6.54 Å². The number of nitrogens with zero attached hydrogens (tertiary/aromatic N) is 2. The molecule has 1 unspecified atom stereocenters. The number of hydrogen-bond donors (Lipinski definition) is 2. The van der Waals surface area contributed by atoms with Gasteiger partial charge in [0, 0.05) is 18.3 Å². The Morgan fingerprint density at radius 2 is 2.25 bits per heavy atom. The Morgan fingerprint density at radius 1 is 1.50 bits per heavy atom. The van der Waals surface area contributed by atoms with Crippen LogP contribution in [0, 0.1) is 13.8 Å². The average molecular weight is 225 g/mol. The summed E-state index contributed by atoms with van der Waals surface area (Å²) in [5, 5.41) is 16.9. The monoisotopic (exact) mass is 225 g/mol. The second kappa shape index (κ2) is 6.66. The van der Waals surface area contributed by atoms with Gasteiger partial charge in [0.25, 0.3) is 0 Å². The van der Waals surface area contributed by atoms with Crippen LogP contribution in [-0.4, -0.2) is 34.1 Å². The number of aromatic nitrogens is 2. The Morgan fingerprint density at radius 3 is 2.75 bits per heavy atom. The average Bonchev–Trinajstić information content (AvgIpc) is 2.58. The van der Waals surface area contributed by atoms with Crippen LogP contribution in [0.15, 0.2) is 6.07 Å². The molecule has 0 saturated carbocycles. The maximum absolute atomic E-state index is 9.21. The van der Waals surface area contributed by atoms with E-state index in [1.54, 1.807) is 0 Å². The zero-order valence-corrected chi connectivity index (χ0v) is 10.5. The number of nitrogens with one attached hydrogen (secondary N) is 1. The number of aliphatic hydroxyl groups is 1. The number of hydrogen-bond acceptors (Lipinski definition) is 3. The summed E-state index contributed by atoms with van der Waals surface area (Å²) >= 11 is 0. The first-order valence-electron chi connectivity index (χ1n) is 6.02. The molecule has 0 fully saturated rings. The molecule has 1 atom stereocenters. The lowest BCUT2D eigenvalue weighted by Gasteiger charge is -2.16. The molecule has 0 bridgehead atoms. The minimum absolute atomic E-state index is 0.184. The highest BCUT2D eigenvalue weighted by atomic mass is 16.3. The van der Waals surface area contributed by atoms with Crippen LogP contribution < -0.4 is 5.32 Å². The van der Waals surface area contributed by atoms with E-state index in [0.29, 0.717) is 0 Å². The quantitative estimate of drug-likeness (QED) is 0.734. The van der Waals surface area contributed by atoms with Crippen LogP contribution in [0.1, 0.15) is 31.2 Å². The lowest BCUT2D eigenvalue weighted by Crippen LogP contribution is -2.34. The Bertz CT molecular complexity index is 309. The second-order valence-corrected chi connectivity index (χ2v) is 4.27. The summed E-state index contributed by atoms with van der Waals surface area (Å²) in [6.07, 6.45) is 2.01. The van der Waals surface area contributed by atoms with Gasteiger partial charge in [-0.1, -0.05) is 6.92 Å². The molecular formula is C12H23N3O. The van der Waals surface area contributed by atoms with Crippen molar-refractivity contribution in [2.75, 3.05) is 13.2 Å². The molecule has 0 amide bonds. The van der Waals surface area contributed by atoms with Crippen molar-refractivity contribution < 1.29 is 5.11 Å². The van der Waals surface area contributed by atoms with Crippen molar-refractivity contribution in [3.63, 3.8) is 0 Å². The van der Waals surface area contributed by atoms with Crippen LogP contribution in [0.5, 0.6) is 0 Å². The molecule has 4 nitrogen and oxygen atoms in total. The van der Waals surface area contributed by atoms with E-state index in [2.05, 4.69) is 30.3 Å². The summed E-state index contributed by atoms with van der Waals surface area (Å²) in [5.74, 6) is 0. The van der Waals surface area contributed by atoms with Crippen LogP contribution in [0.2, 0.25) is 0 Å². The number of aliphatic hydroxyl groups excluding tert-OH is 1. The SMILES string of the molecule is CCCNC(CO)CCn1nc(C)cc1C. The van der Waals surface area contributed by atoms with Crippen molar-refractivity contribution in [2.45, 2.75) is 46.2 Å². The van der Waals surface area contributed by atoms with E-state index in [4.69, 9.17) is 0 Å². The molecule has 1 aromatic rings. The van der Waals surface area contributed by atoms with E-state index in [1.807, 2.05) is 11.6 Å². The Kier molecular flexibility index (Phi) is 5.49. The summed E-state index contributed by atoms with van der Waals surface area (Å²) < 4.78 is 2.01. The standard InChI is InChI=1S/C12H23N3O/c1-4-6-13-12(9-16)5-7-15-11(3)8-10(2)14-15/h8,12-13,16H,4-7,9H2,1-3H3. The molecule has 0 radical (unpaired) electrons. The van der Waals surface area contributed by atoms with E-state index >= 15 is 0 Å². The molecule has 1 aromatic heterocycles. The predicted molar refractivity (Wildman–Crippen MR) is 65.5 cm³/mol. The molecule has 1 rings (SSSR count). The molecule has 1 heterocycles. The van der Waals surface area contributed by atoms with Crippen LogP contribution >= 0.6 is 0 Å². The van der Waals surface area contributed by atoms with Gasteiger partial charge < -0.3 is 10.4 Å². The van der Waals surface area contributed by atoms with Gasteiger partial charge in [-0.2, -0.15) is 5.10 Å². The first-order chi connectivity index (χ1) is 7.67. The predicted octanol–water partition coefficient (Wildman–Crippen LogP) is 1.25. The molecule has 0 aromatic carbocycles. The minimum Gasteiger partial charge on any atom is -0.395 e. The van der Waals surface area contributed by atoms with Crippen molar-refractivity contribution in [3.05, 3.63) is 17.5 Å². The third-order valence-electron chi connectivity index (χ3n) is 2.70. The fourth-order valence-corrected chi connectivity index (χ4v) is 1.79. The number of aryl methyl sites for hydroxylation is 3. The van der Waals surface area contributed by atoms with Crippen molar-refractivity contribution in [3.8, 4) is 0 Å². The normalized spacial score (nSPS) is 13.0. The zero-order chi connectivity index (χ0) is 12.0. The summed E-state index contributed by atoms with van der Waals surface area (Å²) in [4.78, 5) is 0. The van der Waals surface area contributed by atoms with Gasteiger partial charge in [-0.3, -0.25) is 4.68 Å². The zero-order valence-electron chi connectivity index (χ0n) is 10.5. The van der Waals surface area contributed by atoms with Crippen molar-refractivity contribution in [1.29, 1.82) is 0 Å². The van der Waals surface area contributed by atoms with Gasteiger partial charge in [0.2, 0.25) is 0 Å². The van der Waals surface area contributed by atoms with Crippen LogP contribution in [0.4, 0.5) is 0 Å². The fraction of sp³-hybridized carbons (Fsp3) is 0.750. The molecular weight excluding hydrogens is 202 g/mol. The third kappa shape index (κ3) is 3.94. The molecule has 0 saturated heterocycles. The summed E-state index contributed by atoms with van der Waals surface area (Å²) in [6, 6.07) is 2.26. The molecule has 16 heavy (non-hydrogen) atoms. The summed E-state index contributed by atoms with van der Waals surface area (Å²) in [5.41, 5.74) is 2.24. The van der Waals surface area contributed by atoms with Crippen LogP contribution in [0.25, 0.3) is 0 Å². The van der Waals surface area contributed by atoms with Crippen molar-refractivity contribution in [2.24, 2.45) is 0 Å². The summed E-state index contributed by atoms with van der Waals surface area (Å²) in [7, 11) is 0. The molecule has 0 aliphatic carbocycles. The number of rotatable bonds is 7. The largest absolute Gasteiger partial charge is 0.395 e. The first-order valence-corrected chi connectivity index (χ1v) is 6.02. The van der Waals surface area contributed by atoms with E-state index in [1.165, 1.54) is 5.69 Å². The highest BCUT2D eigenvalue weighted by Crippen LogP contribution is 2.04. The Hall–Kier alpha value is -0.870. The fourth-order valence-electron chi connectivity index (χ4n) is 1.79. The maximum Gasteiger partial charge on any atom is 0.0596 e. The molecule has 2 N–H and O–H groups in total. The molecule has 92 valence electrons. The van der Waals surface area contributed by atoms with Gasteiger partial charge in [-0.25, -0.2) is 0 Å². The maximum atomic E-state index is 9.21. The second-order valence-electron chi connectivity index (χ2n) is 4.27. The van der Waals surface area contributed by atoms with Gasteiger partial charge in [0.05, 0.1) is 12.3 Å². The van der Waals surface area contributed by atoms with E-state index < -0.39 is 0 Å². The van der Waals surface area contributed by atoms with Gasteiger partial charge in [-0.05, 0) is 39.3 Å². The molecule has 0 aliphatic rings. The Balaban J connectivity index is 2.39. The van der Waals surface area contributed by atoms with E-state index in [0.717, 1.165) is 31.6 Å². The van der Waals surface area contributed by atoms with Gasteiger partial charge in [0.1, 0.15) is 0 Å².